The predicted octanol–water partition coefficient (Wildman–Crippen LogP) is 4.77. The van der Waals surface area contributed by atoms with Crippen LogP contribution in [0.3, 0.4) is 0 Å². The van der Waals surface area contributed by atoms with E-state index in [1.165, 1.54) is 41.4 Å². The van der Waals surface area contributed by atoms with Crippen molar-refractivity contribution in [3.8, 4) is 0 Å². The molecule has 0 aromatic heterocycles. The highest BCUT2D eigenvalue weighted by molar-refractivity contribution is 14.1. The van der Waals surface area contributed by atoms with E-state index in [1.807, 2.05) is 0 Å². The lowest BCUT2D eigenvalue weighted by molar-refractivity contribution is 0.268. The summed E-state index contributed by atoms with van der Waals surface area (Å²) in [5.74, 6) is 1.82. The summed E-state index contributed by atoms with van der Waals surface area (Å²) in [5, 5.41) is 3.71. The van der Waals surface area contributed by atoms with E-state index in [4.69, 9.17) is 0 Å². The van der Waals surface area contributed by atoms with Crippen LogP contribution in [-0.4, -0.2) is 6.54 Å². The second-order valence-electron chi connectivity index (χ2n) is 5.82. The van der Waals surface area contributed by atoms with E-state index in [9.17, 15) is 0 Å². The van der Waals surface area contributed by atoms with Gasteiger partial charge in [-0.15, -0.1) is 0 Å². The van der Waals surface area contributed by atoms with Crippen molar-refractivity contribution in [2.45, 2.75) is 45.6 Å². The van der Waals surface area contributed by atoms with Crippen molar-refractivity contribution in [1.29, 1.82) is 0 Å². The first kappa shape index (κ1) is 14.3. The van der Waals surface area contributed by atoms with Crippen molar-refractivity contribution < 1.29 is 0 Å². The number of halogens is 1. The Bertz CT molecular complexity index is 360. The molecule has 0 bridgehead atoms. The summed E-state index contributed by atoms with van der Waals surface area (Å²) in [5.41, 5.74) is 1.40. The molecule has 3 atom stereocenters. The molecule has 0 saturated heterocycles. The predicted molar refractivity (Wildman–Crippen MR) is 86.7 cm³/mol. The maximum absolute atomic E-state index is 3.71. The molecule has 18 heavy (non-hydrogen) atoms. The highest BCUT2D eigenvalue weighted by atomic mass is 127. The van der Waals surface area contributed by atoms with E-state index in [0.717, 1.165) is 11.8 Å². The van der Waals surface area contributed by atoms with Crippen LogP contribution in [0.5, 0.6) is 0 Å². The molecule has 3 unspecified atom stereocenters. The quantitative estimate of drug-likeness (QED) is 0.766. The zero-order valence-electron chi connectivity index (χ0n) is 11.5. The minimum Gasteiger partial charge on any atom is -0.310 e. The number of hydrogen-bond acceptors (Lipinski definition) is 1. The number of nitrogens with one attached hydrogen (secondary N) is 1. The van der Waals surface area contributed by atoms with E-state index in [-0.39, 0.29) is 0 Å². The van der Waals surface area contributed by atoms with Gasteiger partial charge in [-0.05, 0) is 78.4 Å². The van der Waals surface area contributed by atoms with Crippen LogP contribution >= 0.6 is 22.6 Å². The van der Waals surface area contributed by atoms with Crippen molar-refractivity contribution in [2.24, 2.45) is 11.8 Å². The van der Waals surface area contributed by atoms with Crippen LogP contribution in [0.25, 0.3) is 0 Å². The molecule has 1 aromatic rings. The van der Waals surface area contributed by atoms with Gasteiger partial charge in [0.2, 0.25) is 0 Å². The fourth-order valence-electron chi connectivity index (χ4n) is 2.96. The second kappa shape index (κ2) is 6.90. The number of hydrogen-bond donors (Lipinski definition) is 1. The summed E-state index contributed by atoms with van der Waals surface area (Å²) in [6, 6.07) is 9.33. The van der Waals surface area contributed by atoms with Gasteiger partial charge in [-0.3, -0.25) is 0 Å². The molecule has 1 aliphatic rings. The van der Waals surface area contributed by atoms with Gasteiger partial charge < -0.3 is 5.32 Å². The molecule has 100 valence electrons. The molecule has 1 fully saturated rings. The fourth-order valence-corrected chi connectivity index (χ4v) is 3.32. The lowest BCUT2D eigenvalue weighted by atomic mass is 9.82. The van der Waals surface area contributed by atoms with E-state index < -0.39 is 0 Å². The van der Waals surface area contributed by atoms with Gasteiger partial charge in [0.25, 0.3) is 0 Å². The molecule has 1 N–H and O–H groups in total. The average Bonchev–Trinajstić information content (AvgIpc) is 2.37. The topological polar surface area (TPSA) is 12.0 Å². The lowest BCUT2D eigenvalue weighted by Crippen LogP contribution is -2.28. The Hall–Kier alpha value is -0.0900. The van der Waals surface area contributed by atoms with Crippen molar-refractivity contribution in [2.75, 3.05) is 6.54 Å². The normalized spacial score (nSPS) is 25.9. The summed E-state index contributed by atoms with van der Waals surface area (Å²) in [4.78, 5) is 0. The van der Waals surface area contributed by atoms with Crippen molar-refractivity contribution in [3.05, 3.63) is 33.4 Å². The molecular weight excluding hydrogens is 333 g/mol. The first-order chi connectivity index (χ1) is 8.65. The lowest BCUT2D eigenvalue weighted by Gasteiger charge is -2.28. The van der Waals surface area contributed by atoms with Gasteiger partial charge in [-0.1, -0.05) is 31.9 Å². The minimum absolute atomic E-state index is 0.472. The maximum atomic E-state index is 3.71. The number of benzene rings is 1. The smallest absolute Gasteiger partial charge is 0.0291 e. The third kappa shape index (κ3) is 4.23. The van der Waals surface area contributed by atoms with Gasteiger partial charge in [0.1, 0.15) is 0 Å². The summed E-state index contributed by atoms with van der Waals surface area (Å²) in [6.45, 7) is 5.85. The molecule has 0 amide bonds. The zero-order chi connectivity index (χ0) is 13.0. The molecule has 0 heterocycles. The van der Waals surface area contributed by atoms with Crippen LogP contribution in [0.4, 0.5) is 0 Å². The van der Waals surface area contributed by atoms with Gasteiger partial charge >= 0.3 is 0 Å². The van der Waals surface area contributed by atoms with Gasteiger partial charge in [0.15, 0.2) is 0 Å². The van der Waals surface area contributed by atoms with E-state index in [1.54, 1.807) is 0 Å². The summed E-state index contributed by atoms with van der Waals surface area (Å²) >= 11 is 2.36. The average molecular weight is 357 g/mol. The zero-order valence-corrected chi connectivity index (χ0v) is 13.6. The Morgan fingerprint density at radius 1 is 1.28 bits per heavy atom. The van der Waals surface area contributed by atoms with E-state index in [0.29, 0.717) is 6.04 Å². The first-order valence-electron chi connectivity index (χ1n) is 7.14. The summed E-state index contributed by atoms with van der Waals surface area (Å²) < 4.78 is 1.31. The molecule has 2 rings (SSSR count). The van der Waals surface area contributed by atoms with Crippen molar-refractivity contribution in [3.63, 3.8) is 0 Å². The van der Waals surface area contributed by atoms with Gasteiger partial charge in [-0.25, -0.2) is 0 Å². The van der Waals surface area contributed by atoms with Gasteiger partial charge in [0.05, 0.1) is 0 Å². The van der Waals surface area contributed by atoms with Crippen molar-refractivity contribution >= 4 is 22.6 Å². The van der Waals surface area contributed by atoms with Crippen LogP contribution in [0.1, 0.15) is 51.1 Å². The number of rotatable bonds is 4. The SMILES string of the molecule is CC1CCCC(CNC(C)c2ccc(I)cc2)C1. The molecule has 2 heteroatoms. The third-order valence-electron chi connectivity index (χ3n) is 4.13. The molecule has 0 aliphatic heterocycles. The Balaban J connectivity index is 1.80. The Kier molecular flexibility index (Phi) is 5.49. The largest absolute Gasteiger partial charge is 0.310 e. The molecule has 0 radical (unpaired) electrons. The van der Waals surface area contributed by atoms with Gasteiger partial charge in [-0.2, -0.15) is 0 Å². The molecule has 1 aliphatic carbocycles. The van der Waals surface area contributed by atoms with Crippen LogP contribution in [0.15, 0.2) is 24.3 Å². The van der Waals surface area contributed by atoms with E-state index in [2.05, 4.69) is 66.0 Å². The fraction of sp³-hybridized carbons (Fsp3) is 0.625. The van der Waals surface area contributed by atoms with E-state index >= 15 is 0 Å². The molecular formula is C16H24IN. The second-order valence-corrected chi connectivity index (χ2v) is 7.06. The van der Waals surface area contributed by atoms with Crippen molar-refractivity contribution in [1.82, 2.24) is 5.32 Å². The van der Waals surface area contributed by atoms with Crippen LogP contribution in [-0.2, 0) is 0 Å². The Morgan fingerprint density at radius 2 is 2.00 bits per heavy atom. The molecule has 1 nitrogen and oxygen atoms in total. The van der Waals surface area contributed by atoms with Gasteiger partial charge in [0, 0.05) is 9.61 Å². The summed E-state index contributed by atoms with van der Waals surface area (Å²) in [7, 11) is 0. The Labute approximate surface area is 125 Å². The first-order valence-corrected chi connectivity index (χ1v) is 8.22. The molecule has 1 saturated carbocycles. The monoisotopic (exact) mass is 357 g/mol. The standard InChI is InChI=1S/C16H24IN/c1-12-4-3-5-14(10-12)11-18-13(2)15-6-8-16(17)9-7-15/h6-9,12-14,18H,3-5,10-11H2,1-2H3. The van der Waals surface area contributed by atoms with Crippen LogP contribution in [0.2, 0.25) is 0 Å². The highest BCUT2D eigenvalue weighted by Crippen LogP contribution is 2.28. The highest BCUT2D eigenvalue weighted by Gasteiger charge is 2.19. The minimum atomic E-state index is 0.472. The van der Waals surface area contributed by atoms with Crippen LogP contribution in [0, 0.1) is 15.4 Å². The maximum Gasteiger partial charge on any atom is 0.0291 e. The molecule has 1 aromatic carbocycles. The molecule has 0 spiro atoms. The third-order valence-corrected chi connectivity index (χ3v) is 4.85. The van der Waals surface area contributed by atoms with Crippen LogP contribution < -0.4 is 5.32 Å². The Morgan fingerprint density at radius 3 is 2.67 bits per heavy atom. The summed E-state index contributed by atoms with van der Waals surface area (Å²) in [6.07, 6.45) is 5.68.